The molecule has 32 heavy (non-hydrogen) atoms. The maximum absolute atomic E-state index is 13.3. The Morgan fingerprint density at radius 2 is 1.91 bits per heavy atom. The predicted molar refractivity (Wildman–Crippen MR) is 120 cm³/mol. The van der Waals surface area contributed by atoms with Crippen molar-refractivity contribution in [2.45, 2.75) is 19.0 Å². The van der Waals surface area contributed by atoms with Crippen molar-refractivity contribution < 1.29 is 14.1 Å². The van der Waals surface area contributed by atoms with Gasteiger partial charge in [-0.25, -0.2) is 4.98 Å². The highest BCUT2D eigenvalue weighted by atomic mass is 16.5. The van der Waals surface area contributed by atoms with E-state index >= 15 is 0 Å². The first-order chi connectivity index (χ1) is 15.7. The Kier molecular flexibility index (Phi) is 6.84. The Balaban J connectivity index is 1.56. The largest absolute Gasteiger partial charge is 0.480 e. The smallest absolute Gasteiger partial charge is 0.242 e. The third kappa shape index (κ3) is 5.35. The van der Waals surface area contributed by atoms with Crippen molar-refractivity contribution in [3.05, 3.63) is 90.7 Å². The summed E-state index contributed by atoms with van der Waals surface area (Å²) in [5.74, 6) is 0.135. The summed E-state index contributed by atoms with van der Waals surface area (Å²) in [6.07, 6.45) is 7.13. The van der Waals surface area contributed by atoms with Crippen LogP contribution in [0.5, 0.6) is 5.88 Å². The van der Waals surface area contributed by atoms with E-state index in [0.29, 0.717) is 24.5 Å². The van der Waals surface area contributed by atoms with Gasteiger partial charge in [0, 0.05) is 36.8 Å². The molecule has 2 N–H and O–H groups in total. The first-order valence-corrected chi connectivity index (χ1v) is 10.1. The topological polar surface area (TPSA) is 102 Å². The minimum absolute atomic E-state index is 0.204. The van der Waals surface area contributed by atoms with Crippen molar-refractivity contribution in [1.82, 2.24) is 20.4 Å². The van der Waals surface area contributed by atoms with E-state index in [1.165, 1.54) is 13.4 Å². The summed E-state index contributed by atoms with van der Waals surface area (Å²) in [5, 5.41) is 10.2. The fourth-order valence-corrected chi connectivity index (χ4v) is 3.29. The number of carbonyl (C=O) groups excluding carboxylic acids is 1. The Morgan fingerprint density at radius 3 is 2.62 bits per heavy atom. The summed E-state index contributed by atoms with van der Waals surface area (Å²) in [7, 11) is 1.52. The summed E-state index contributed by atoms with van der Waals surface area (Å²) in [4.78, 5) is 21.7. The van der Waals surface area contributed by atoms with Crippen LogP contribution < -0.4 is 15.4 Å². The molecule has 1 atom stereocenters. The van der Waals surface area contributed by atoms with Crippen LogP contribution in [0.2, 0.25) is 0 Å². The van der Waals surface area contributed by atoms with Crippen molar-refractivity contribution in [1.29, 1.82) is 0 Å². The van der Waals surface area contributed by atoms with Crippen LogP contribution in [0.3, 0.4) is 0 Å². The fraction of sp³-hybridized carbons (Fsp3) is 0.167. The quantitative estimate of drug-likeness (QED) is 0.420. The molecular formula is C24H23N5O3. The number of anilines is 1. The molecular weight excluding hydrogens is 406 g/mol. The molecule has 0 unspecified atom stereocenters. The van der Waals surface area contributed by atoms with Gasteiger partial charge < -0.3 is 14.6 Å². The van der Waals surface area contributed by atoms with E-state index in [1.54, 1.807) is 24.7 Å². The van der Waals surface area contributed by atoms with E-state index in [1.807, 2.05) is 48.5 Å². The van der Waals surface area contributed by atoms with Crippen LogP contribution in [0.15, 0.2) is 84.0 Å². The number of hydrogen-bond donors (Lipinski definition) is 2. The van der Waals surface area contributed by atoms with Crippen molar-refractivity contribution in [3.63, 3.8) is 0 Å². The number of hydrogen-bond acceptors (Lipinski definition) is 7. The van der Waals surface area contributed by atoms with Crippen LogP contribution in [-0.2, 0) is 17.8 Å². The number of aromatic nitrogens is 3. The Labute approximate surface area is 185 Å². The third-order valence-electron chi connectivity index (χ3n) is 4.94. The van der Waals surface area contributed by atoms with Crippen LogP contribution in [0.4, 0.5) is 5.69 Å². The van der Waals surface area contributed by atoms with Crippen LogP contribution in [-0.4, -0.2) is 34.2 Å². The summed E-state index contributed by atoms with van der Waals surface area (Å²) < 4.78 is 10.3. The molecule has 0 aliphatic heterocycles. The van der Waals surface area contributed by atoms with E-state index in [2.05, 4.69) is 25.8 Å². The monoisotopic (exact) mass is 429 g/mol. The molecule has 0 fully saturated rings. The molecule has 162 valence electrons. The molecule has 0 aliphatic carbocycles. The molecule has 3 heterocycles. The standard InChI is InChI=1S/C24H23N5O3/c1-31-24-22(14-19(15-27-24)18-7-10-25-11-8-18)28-23(30)21(13-17-5-3-2-4-6-17)26-16-20-9-12-32-29-20/h2-12,14-15,21,26H,13,16H2,1H3,(H,28,30)/t21-/m0/s1. The number of ether oxygens (including phenoxy) is 1. The Morgan fingerprint density at radius 1 is 1.09 bits per heavy atom. The van der Waals surface area contributed by atoms with Crippen molar-refractivity contribution in [2.75, 3.05) is 12.4 Å². The summed E-state index contributed by atoms with van der Waals surface area (Å²) in [5.41, 5.74) is 4.04. The minimum atomic E-state index is -0.511. The lowest BCUT2D eigenvalue weighted by Gasteiger charge is -2.19. The van der Waals surface area contributed by atoms with Crippen molar-refractivity contribution in [3.8, 4) is 17.0 Å². The van der Waals surface area contributed by atoms with Crippen molar-refractivity contribution in [2.24, 2.45) is 0 Å². The molecule has 3 aromatic heterocycles. The number of nitrogens with zero attached hydrogens (tertiary/aromatic N) is 3. The minimum Gasteiger partial charge on any atom is -0.480 e. The number of pyridine rings is 2. The van der Waals surface area contributed by atoms with Crippen LogP contribution >= 0.6 is 0 Å². The van der Waals surface area contributed by atoms with Crippen LogP contribution in [0, 0.1) is 0 Å². The highest BCUT2D eigenvalue weighted by Gasteiger charge is 2.21. The van der Waals surface area contributed by atoms with Gasteiger partial charge in [-0.05, 0) is 35.7 Å². The normalized spacial score (nSPS) is 11.7. The highest BCUT2D eigenvalue weighted by Crippen LogP contribution is 2.28. The number of nitrogens with one attached hydrogen (secondary N) is 2. The van der Waals surface area contributed by atoms with Gasteiger partial charge in [0.05, 0.1) is 18.8 Å². The van der Waals surface area contributed by atoms with Gasteiger partial charge in [0.15, 0.2) is 0 Å². The van der Waals surface area contributed by atoms with E-state index in [4.69, 9.17) is 9.26 Å². The number of methoxy groups -OCH3 is 1. The van der Waals surface area contributed by atoms with Gasteiger partial charge in [0.2, 0.25) is 11.8 Å². The lowest BCUT2D eigenvalue weighted by atomic mass is 10.0. The molecule has 8 nitrogen and oxygen atoms in total. The van der Waals surface area contributed by atoms with Gasteiger partial charge in [0.25, 0.3) is 0 Å². The van der Waals surface area contributed by atoms with Gasteiger partial charge in [-0.15, -0.1) is 0 Å². The van der Waals surface area contributed by atoms with Gasteiger partial charge in [-0.3, -0.25) is 15.1 Å². The second-order valence-electron chi connectivity index (χ2n) is 7.12. The second kappa shape index (κ2) is 10.3. The van der Waals surface area contributed by atoms with Gasteiger partial charge in [-0.2, -0.15) is 0 Å². The molecule has 0 spiro atoms. The summed E-state index contributed by atoms with van der Waals surface area (Å²) in [6.45, 7) is 0.397. The first-order valence-electron chi connectivity index (χ1n) is 10.1. The highest BCUT2D eigenvalue weighted by molar-refractivity contribution is 5.96. The number of rotatable bonds is 9. The van der Waals surface area contributed by atoms with Gasteiger partial charge in [0.1, 0.15) is 12.0 Å². The molecule has 0 aliphatic rings. The van der Waals surface area contributed by atoms with E-state index in [9.17, 15) is 4.79 Å². The number of amides is 1. The van der Waals surface area contributed by atoms with E-state index < -0.39 is 6.04 Å². The van der Waals surface area contributed by atoms with Crippen LogP contribution in [0.1, 0.15) is 11.3 Å². The molecule has 1 amide bonds. The zero-order valence-electron chi connectivity index (χ0n) is 17.6. The zero-order chi connectivity index (χ0) is 22.2. The van der Waals surface area contributed by atoms with Crippen molar-refractivity contribution >= 4 is 11.6 Å². The lowest BCUT2D eigenvalue weighted by molar-refractivity contribution is -0.118. The first kappa shape index (κ1) is 21.2. The maximum Gasteiger partial charge on any atom is 0.242 e. The van der Waals surface area contributed by atoms with E-state index in [0.717, 1.165) is 22.4 Å². The van der Waals surface area contributed by atoms with Crippen LogP contribution in [0.25, 0.3) is 11.1 Å². The maximum atomic E-state index is 13.3. The number of benzene rings is 1. The van der Waals surface area contributed by atoms with Gasteiger partial charge >= 0.3 is 0 Å². The molecule has 4 rings (SSSR count). The summed E-state index contributed by atoms with van der Waals surface area (Å²) >= 11 is 0. The zero-order valence-corrected chi connectivity index (χ0v) is 17.6. The lowest BCUT2D eigenvalue weighted by Crippen LogP contribution is -2.42. The summed E-state index contributed by atoms with van der Waals surface area (Å²) in [6, 6.07) is 16.7. The molecule has 0 saturated heterocycles. The molecule has 0 bridgehead atoms. The molecule has 4 aromatic rings. The molecule has 0 saturated carbocycles. The molecule has 8 heteroatoms. The number of carbonyl (C=O) groups is 1. The average molecular weight is 429 g/mol. The van der Waals surface area contributed by atoms with E-state index in [-0.39, 0.29) is 5.91 Å². The predicted octanol–water partition coefficient (Wildman–Crippen LogP) is 3.48. The van der Waals surface area contributed by atoms with Gasteiger partial charge in [-0.1, -0.05) is 35.5 Å². The third-order valence-corrected chi connectivity index (χ3v) is 4.94. The molecule has 0 radical (unpaired) electrons. The average Bonchev–Trinajstić information content (AvgIpc) is 3.36. The Bertz CT molecular complexity index is 1140. The SMILES string of the molecule is COc1ncc(-c2ccncc2)cc1NC(=O)[C@H](Cc1ccccc1)NCc1ccon1. The Hall–Kier alpha value is -4.04. The molecule has 1 aromatic carbocycles. The fourth-order valence-electron chi connectivity index (χ4n) is 3.29. The second-order valence-corrected chi connectivity index (χ2v) is 7.12.